The van der Waals surface area contributed by atoms with Crippen molar-refractivity contribution in [3.63, 3.8) is 0 Å². The van der Waals surface area contributed by atoms with Crippen molar-refractivity contribution < 1.29 is 14.3 Å². The summed E-state index contributed by atoms with van der Waals surface area (Å²) in [7, 11) is 0. The molecule has 1 aromatic rings. The summed E-state index contributed by atoms with van der Waals surface area (Å²) < 4.78 is 13.6. The van der Waals surface area contributed by atoms with Gasteiger partial charge in [-0.05, 0) is 37.3 Å². The van der Waals surface area contributed by atoms with Crippen LogP contribution < -0.4 is 0 Å². The molecule has 4 heteroatoms. The van der Waals surface area contributed by atoms with E-state index >= 15 is 0 Å². The van der Waals surface area contributed by atoms with Gasteiger partial charge in [-0.15, -0.1) is 0 Å². The molecule has 1 aliphatic carbocycles. The Hall–Kier alpha value is -1.35. The van der Waals surface area contributed by atoms with E-state index in [0.717, 1.165) is 18.4 Å². The molecule has 0 amide bonds. The van der Waals surface area contributed by atoms with E-state index in [1.807, 2.05) is 0 Å². The number of allylic oxidation sites excluding steroid dienone is 1. The van der Waals surface area contributed by atoms with Gasteiger partial charge >= 0.3 is 5.97 Å². The van der Waals surface area contributed by atoms with E-state index in [4.69, 9.17) is 16.7 Å². The maximum atomic E-state index is 13.6. The van der Waals surface area contributed by atoms with Crippen molar-refractivity contribution in [1.82, 2.24) is 0 Å². The van der Waals surface area contributed by atoms with Gasteiger partial charge in [-0.2, -0.15) is 0 Å². The van der Waals surface area contributed by atoms with Crippen LogP contribution in [0, 0.1) is 11.7 Å². The Bertz CT molecular complexity index is 458. The van der Waals surface area contributed by atoms with E-state index in [1.54, 1.807) is 12.1 Å². The summed E-state index contributed by atoms with van der Waals surface area (Å²) in [6.45, 7) is 0. The van der Waals surface area contributed by atoms with Crippen LogP contribution in [0.15, 0.2) is 29.8 Å². The lowest BCUT2D eigenvalue weighted by Gasteiger charge is -2.08. The highest BCUT2D eigenvalue weighted by Gasteiger charge is 2.27. The summed E-state index contributed by atoms with van der Waals surface area (Å²) in [6.07, 6.45) is 3.42. The molecule has 0 bridgehead atoms. The minimum atomic E-state index is -0.987. The van der Waals surface area contributed by atoms with Crippen molar-refractivity contribution in [1.29, 1.82) is 0 Å². The first-order valence-corrected chi connectivity index (χ1v) is 5.82. The molecule has 1 aromatic carbocycles. The number of hydrogen-bond acceptors (Lipinski definition) is 1. The highest BCUT2D eigenvalue weighted by atomic mass is 35.5. The summed E-state index contributed by atoms with van der Waals surface area (Å²) >= 11 is 5.92. The molecule has 0 aliphatic heterocycles. The molecule has 0 aromatic heterocycles. The number of hydrogen-bond donors (Lipinski definition) is 1. The quantitative estimate of drug-likeness (QED) is 0.836. The molecule has 0 heterocycles. The second kappa shape index (κ2) is 4.88. The Labute approximate surface area is 104 Å². The van der Waals surface area contributed by atoms with Crippen LogP contribution in [0.5, 0.6) is 0 Å². The van der Waals surface area contributed by atoms with Gasteiger partial charge in [0.1, 0.15) is 5.82 Å². The van der Waals surface area contributed by atoms with Gasteiger partial charge in [-0.25, -0.2) is 9.18 Å². The first-order valence-electron chi connectivity index (χ1n) is 5.44. The third-order valence-electron chi connectivity index (χ3n) is 2.85. The van der Waals surface area contributed by atoms with E-state index in [9.17, 15) is 9.18 Å². The van der Waals surface area contributed by atoms with Crippen molar-refractivity contribution >= 4 is 17.6 Å². The lowest BCUT2D eigenvalue weighted by Crippen LogP contribution is -2.01. The number of carbonyl (C=O) groups is 1. The number of carboxylic acids is 1. The molecular formula is C13H12ClFO2. The van der Waals surface area contributed by atoms with Gasteiger partial charge in [0.2, 0.25) is 0 Å². The van der Waals surface area contributed by atoms with Crippen LogP contribution in [0.2, 0.25) is 5.02 Å². The SMILES string of the molecule is O=C(O)/C=C(/Cc1c(F)cccc1Cl)C1CC1. The standard InChI is InChI=1S/C13H12ClFO2/c14-11-2-1-3-12(15)10(11)6-9(7-13(16)17)8-4-5-8/h1-3,7-8H,4-6H2,(H,16,17)/b9-7-. The Morgan fingerprint density at radius 3 is 2.76 bits per heavy atom. The molecule has 1 aliphatic rings. The normalized spacial score (nSPS) is 16.0. The van der Waals surface area contributed by atoms with E-state index in [0.29, 0.717) is 10.6 Å². The molecule has 0 spiro atoms. The van der Waals surface area contributed by atoms with Crippen molar-refractivity contribution in [3.05, 3.63) is 46.3 Å². The lowest BCUT2D eigenvalue weighted by atomic mass is 10.0. The molecule has 2 rings (SSSR count). The van der Waals surface area contributed by atoms with Crippen molar-refractivity contribution in [2.24, 2.45) is 5.92 Å². The Morgan fingerprint density at radius 2 is 2.24 bits per heavy atom. The average Bonchev–Trinajstić information content (AvgIpc) is 3.05. The Morgan fingerprint density at radius 1 is 1.53 bits per heavy atom. The van der Waals surface area contributed by atoms with Gasteiger partial charge < -0.3 is 5.11 Å². The van der Waals surface area contributed by atoms with Gasteiger partial charge in [-0.3, -0.25) is 0 Å². The maximum Gasteiger partial charge on any atom is 0.328 e. The molecular weight excluding hydrogens is 243 g/mol. The highest BCUT2D eigenvalue weighted by Crippen LogP contribution is 2.39. The largest absolute Gasteiger partial charge is 0.478 e. The summed E-state index contributed by atoms with van der Waals surface area (Å²) in [5.74, 6) is -1.09. The zero-order chi connectivity index (χ0) is 12.4. The molecule has 1 saturated carbocycles. The van der Waals surface area contributed by atoms with Gasteiger partial charge in [0, 0.05) is 16.7 Å². The zero-order valence-corrected chi connectivity index (χ0v) is 9.88. The fraction of sp³-hybridized carbons (Fsp3) is 0.308. The zero-order valence-electron chi connectivity index (χ0n) is 9.12. The van der Waals surface area contributed by atoms with Gasteiger partial charge in [0.15, 0.2) is 0 Å². The molecule has 2 nitrogen and oxygen atoms in total. The predicted molar refractivity (Wildman–Crippen MR) is 63.6 cm³/mol. The third kappa shape index (κ3) is 3.07. The first kappa shape index (κ1) is 12.1. The van der Waals surface area contributed by atoms with Gasteiger partial charge in [0.25, 0.3) is 0 Å². The van der Waals surface area contributed by atoms with Crippen LogP contribution in [0.25, 0.3) is 0 Å². The van der Waals surface area contributed by atoms with Crippen LogP contribution in [0.3, 0.4) is 0 Å². The summed E-state index contributed by atoms with van der Waals surface area (Å²) in [4.78, 5) is 10.7. The second-order valence-electron chi connectivity index (χ2n) is 4.21. The van der Waals surface area contributed by atoms with Crippen molar-refractivity contribution in [2.45, 2.75) is 19.3 Å². The summed E-state index contributed by atoms with van der Waals surface area (Å²) in [5.41, 5.74) is 1.14. The summed E-state index contributed by atoms with van der Waals surface area (Å²) in [5, 5.41) is 9.12. The third-order valence-corrected chi connectivity index (χ3v) is 3.21. The van der Waals surface area contributed by atoms with Crippen molar-refractivity contribution in [3.8, 4) is 0 Å². The van der Waals surface area contributed by atoms with Crippen LogP contribution in [0.1, 0.15) is 18.4 Å². The smallest absolute Gasteiger partial charge is 0.328 e. The topological polar surface area (TPSA) is 37.3 Å². The summed E-state index contributed by atoms with van der Waals surface area (Å²) in [6, 6.07) is 4.50. The van der Waals surface area contributed by atoms with E-state index in [2.05, 4.69) is 0 Å². The molecule has 0 saturated heterocycles. The predicted octanol–water partition coefficient (Wildman–Crippen LogP) is 3.44. The van der Waals surface area contributed by atoms with E-state index in [1.165, 1.54) is 12.1 Å². The van der Waals surface area contributed by atoms with E-state index in [-0.39, 0.29) is 18.2 Å². The average molecular weight is 255 g/mol. The molecule has 1 N–H and O–H groups in total. The molecule has 0 unspecified atom stereocenters. The Balaban J connectivity index is 2.26. The van der Waals surface area contributed by atoms with Crippen LogP contribution in [0.4, 0.5) is 4.39 Å². The first-order chi connectivity index (χ1) is 8.08. The molecule has 17 heavy (non-hydrogen) atoms. The van der Waals surface area contributed by atoms with Crippen LogP contribution in [-0.2, 0) is 11.2 Å². The minimum absolute atomic E-state index is 0.279. The monoisotopic (exact) mass is 254 g/mol. The fourth-order valence-electron chi connectivity index (χ4n) is 1.83. The van der Waals surface area contributed by atoms with Crippen LogP contribution in [-0.4, -0.2) is 11.1 Å². The molecule has 1 fully saturated rings. The lowest BCUT2D eigenvalue weighted by molar-refractivity contribution is -0.131. The number of benzene rings is 1. The molecule has 0 radical (unpaired) electrons. The minimum Gasteiger partial charge on any atom is -0.478 e. The van der Waals surface area contributed by atoms with Gasteiger partial charge in [0.05, 0.1) is 0 Å². The Kier molecular flexibility index (Phi) is 3.48. The van der Waals surface area contributed by atoms with E-state index < -0.39 is 5.97 Å². The van der Waals surface area contributed by atoms with Gasteiger partial charge in [-0.1, -0.05) is 23.2 Å². The highest BCUT2D eigenvalue weighted by molar-refractivity contribution is 6.31. The number of halogens is 2. The fourth-order valence-corrected chi connectivity index (χ4v) is 2.06. The number of aliphatic carboxylic acids is 1. The number of carboxylic acid groups (broad SMARTS) is 1. The van der Waals surface area contributed by atoms with Crippen molar-refractivity contribution in [2.75, 3.05) is 0 Å². The molecule has 90 valence electrons. The maximum absolute atomic E-state index is 13.6. The van der Waals surface area contributed by atoms with Crippen LogP contribution >= 0.6 is 11.6 Å². The molecule has 0 atom stereocenters. The second-order valence-corrected chi connectivity index (χ2v) is 4.62. The number of rotatable bonds is 4.